The van der Waals surface area contributed by atoms with Gasteiger partial charge in [-0.1, -0.05) is 41.7 Å². The lowest BCUT2D eigenvalue weighted by Gasteiger charge is -2.23. The third kappa shape index (κ3) is 6.14. The van der Waals surface area contributed by atoms with Crippen molar-refractivity contribution in [3.05, 3.63) is 106 Å². The van der Waals surface area contributed by atoms with E-state index in [1.165, 1.54) is 4.90 Å². The minimum atomic E-state index is -1.06. The molecule has 4 aromatic rings. The SMILES string of the molecule is CCOC(=O)c1sc(N2C(=O)C(=O)/C(=C(/O)c3ccc(OC(C)C)cc3)C2c2cccc(Oc3ccccc3)c2)nc1C. The van der Waals surface area contributed by atoms with Gasteiger partial charge in [0.05, 0.1) is 30.0 Å². The van der Waals surface area contributed by atoms with Crippen LogP contribution in [0.5, 0.6) is 17.2 Å². The van der Waals surface area contributed by atoms with Crippen LogP contribution in [0, 0.1) is 6.92 Å². The number of hydrogen-bond donors (Lipinski definition) is 1. The summed E-state index contributed by atoms with van der Waals surface area (Å²) in [5.41, 5.74) is 1.07. The highest BCUT2D eigenvalue weighted by Gasteiger charge is 2.48. The number of carbonyl (C=O) groups excluding carboxylic acids is 3. The number of aliphatic hydroxyl groups is 1. The Hall–Kier alpha value is -4.96. The molecule has 0 spiro atoms. The number of aromatic nitrogens is 1. The van der Waals surface area contributed by atoms with Crippen LogP contribution in [0.25, 0.3) is 5.76 Å². The molecule has 1 aromatic heterocycles. The van der Waals surface area contributed by atoms with Gasteiger partial charge in [-0.2, -0.15) is 0 Å². The van der Waals surface area contributed by atoms with Gasteiger partial charge in [-0.05, 0) is 81.8 Å². The molecule has 2 heterocycles. The van der Waals surface area contributed by atoms with Gasteiger partial charge in [-0.3, -0.25) is 14.5 Å². The van der Waals surface area contributed by atoms with Gasteiger partial charge in [0.1, 0.15) is 27.9 Å². The lowest BCUT2D eigenvalue weighted by Crippen LogP contribution is -2.29. The summed E-state index contributed by atoms with van der Waals surface area (Å²) in [6.07, 6.45) is -0.0450. The summed E-state index contributed by atoms with van der Waals surface area (Å²) in [6, 6.07) is 21.7. The molecule has 1 aliphatic rings. The van der Waals surface area contributed by atoms with Gasteiger partial charge in [0.25, 0.3) is 5.78 Å². The summed E-state index contributed by atoms with van der Waals surface area (Å²) in [7, 11) is 0. The van der Waals surface area contributed by atoms with Crippen molar-refractivity contribution in [3.63, 3.8) is 0 Å². The fourth-order valence-corrected chi connectivity index (χ4v) is 5.70. The number of ketones is 1. The molecular weight excluding hydrogens is 568 g/mol. The molecule has 1 saturated heterocycles. The van der Waals surface area contributed by atoms with Crippen molar-refractivity contribution in [1.29, 1.82) is 0 Å². The van der Waals surface area contributed by atoms with Crippen LogP contribution in [0.15, 0.2) is 84.4 Å². The molecule has 220 valence electrons. The van der Waals surface area contributed by atoms with Crippen molar-refractivity contribution in [1.82, 2.24) is 4.98 Å². The van der Waals surface area contributed by atoms with Crippen molar-refractivity contribution < 1.29 is 33.7 Å². The lowest BCUT2D eigenvalue weighted by molar-refractivity contribution is -0.132. The zero-order valence-corrected chi connectivity index (χ0v) is 24.9. The molecule has 0 saturated carbocycles. The lowest BCUT2D eigenvalue weighted by atomic mass is 9.95. The Balaban J connectivity index is 1.64. The zero-order valence-electron chi connectivity index (χ0n) is 24.1. The fourth-order valence-electron chi connectivity index (χ4n) is 4.71. The number of amides is 1. The van der Waals surface area contributed by atoms with Crippen molar-refractivity contribution >= 4 is 39.9 Å². The van der Waals surface area contributed by atoms with E-state index in [2.05, 4.69) is 4.98 Å². The second kappa shape index (κ2) is 12.5. The molecular formula is C33H30N2O7S. The van der Waals surface area contributed by atoms with Crippen LogP contribution in [0.4, 0.5) is 5.13 Å². The molecule has 5 rings (SSSR count). The molecule has 1 amide bonds. The molecule has 1 atom stereocenters. The number of carbonyl (C=O) groups is 3. The monoisotopic (exact) mass is 598 g/mol. The highest BCUT2D eigenvalue weighted by atomic mass is 32.1. The number of benzene rings is 3. The van der Waals surface area contributed by atoms with Crippen molar-refractivity contribution in [2.24, 2.45) is 0 Å². The van der Waals surface area contributed by atoms with Crippen LogP contribution in [-0.2, 0) is 14.3 Å². The Kier molecular flexibility index (Phi) is 8.58. The van der Waals surface area contributed by atoms with E-state index in [0.717, 1.165) is 11.3 Å². The normalized spacial score (nSPS) is 16.0. The van der Waals surface area contributed by atoms with E-state index < -0.39 is 23.7 Å². The summed E-state index contributed by atoms with van der Waals surface area (Å²) in [4.78, 5) is 45.7. The molecule has 0 bridgehead atoms. The van der Waals surface area contributed by atoms with Gasteiger partial charge in [-0.25, -0.2) is 9.78 Å². The largest absolute Gasteiger partial charge is 0.507 e. The van der Waals surface area contributed by atoms with Crippen molar-refractivity contribution in [3.8, 4) is 17.2 Å². The summed E-state index contributed by atoms with van der Waals surface area (Å²) in [5, 5.41) is 11.6. The average molecular weight is 599 g/mol. The molecule has 10 heteroatoms. The van der Waals surface area contributed by atoms with Crippen molar-refractivity contribution in [2.45, 2.75) is 39.8 Å². The van der Waals surface area contributed by atoms with Crippen LogP contribution in [0.2, 0.25) is 0 Å². The Labute approximate surface area is 253 Å². The molecule has 1 aliphatic heterocycles. The third-order valence-corrected chi connectivity index (χ3v) is 7.69. The predicted octanol–water partition coefficient (Wildman–Crippen LogP) is 6.83. The number of rotatable bonds is 9. The molecule has 0 radical (unpaired) electrons. The van der Waals surface area contributed by atoms with Gasteiger partial charge in [0.15, 0.2) is 5.13 Å². The smallest absolute Gasteiger partial charge is 0.350 e. The van der Waals surface area contributed by atoms with Crippen LogP contribution in [-0.4, -0.2) is 40.5 Å². The van der Waals surface area contributed by atoms with Crippen LogP contribution >= 0.6 is 11.3 Å². The number of nitrogens with zero attached hydrogens (tertiary/aromatic N) is 2. The molecule has 9 nitrogen and oxygen atoms in total. The summed E-state index contributed by atoms with van der Waals surface area (Å²) < 4.78 is 16.9. The fraction of sp³-hybridized carbons (Fsp3) is 0.212. The van der Waals surface area contributed by atoms with E-state index in [9.17, 15) is 19.5 Å². The van der Waals surface area contributed by atoms with E-state index in [4.69, 9.17) is 14.2 Å². The first kappa shape index (κ1) is 29.5. The first-order valence-corrected chi connectivity index (χ1v) is 14.5. The molecule has 1 N–H and O–H groups in total. The third-order valence-electron chi connectivity index (χ3n) is 6.55. The highest BCUT2D eigenvalue weighted by molar-refractivity contribution is 7.17. The first-order valence-electron chi connectivity index (χ1n) is 13.7. The van der Waals surface area contributed by atoms with Crippen molar-refractivity contribution in [2.75, 3.05) is 11.5 Å². The molecule has 3 aromatic carbocycles. The van der Waals surface area contributed by atoms with Crippen LogP contribution < -0.4 is 14.4 Å². The zero-order chi connectivity index (χ0) is 30.7. The van der Waals surface area contributed by atoms with E-state index >= 15 is 0 Å². The first-order chi connectivity index (χ1) is 20.7. The van der Waals surface area contributed by atoms with Gasteiger partial charge < -0.3 is 19.3 Å². The molecule has 0 aliphatic carbocycles. The van der Waals surface area contributed by atoms with Gasteiger partial charge in [0, 0.05) is 5.56 Å². The van der Waals surface area contributed by atoms with E-state index in [0.29, 0.717) is 34.1 Å². The second-order valence-corrected chi connectivity index (χ2v) is 11.0. The minimum Gasteiger partial charge on any atom is -0.507 e. The number of thiazole rings is 1. The van der Waals surface area contributed by atoms with E-state index in [-0.39, 0.29) is 34.1 Å². The number of hydrogen-bond acceptors (Lipinski definition) is 9. The summed E-state index contributed by atoms with van der Waals surface area (Å²) >= 11 is 0.948. The van der Waals surface area contributed by atoms with Gasteiger partial charge >= 0.3 is 11.9 Å². The second-order valence-electron chi connectivity index (χ2n) is 9.98. The molecule has 43 heavy (non-hydrogen) atoms. The predicted molar refractivity (Wildman–Crippen MR) is 163 cm³/mol. The Morgan fingerprint density at radius 3 is 2.35 bits per heavy atom. The van der Waals surface area contributed by atoms with Gasteiger partial charge in [-0.15, -0.1) is 0 Å². The topological polar surface area (TPSA) is 115 Å². The Morgan fingerprint density at radius 1 is 0.977 bits per heavy atom. The average Bonchev–Trinajstić information content (AvgIpc) is 3.50. The molecule has 1 fully saturated rings. The number of aryl methyl sites for hydroxylation is 1. The summed E-state index contributed by atoms with van der Waals surface area (Å²) in [6.45, 7) is 7.30. The van der Waals surface area contributed by atoms with E-state index in [1.807, 2.05) is 32.0 Å². The number of Topliss-reactive ketones (excluding diaryl/α,β-unsaturated/α-hetero) is 1. The highest BCUT2D eigenvalue weighted by Crippen LogP contribution is 2.44. The standard InChI is InChI=1S/C33H30N2O7S/c1-5-40-32(39)30-20(4)34-33(43-30)35-27(22-10-9-13-25(18-22)42-23-11-7-6-8-12-23)26(29(37)31(35)38)28(36)21-14-16-24(17-15-21)41-19(2)3/h6-19,27,36H,5H2,1-4H3/b28-26+. The Bertz CT molecular complexity index is 1690. The summed E-state index contributed by atoms with van der Waals surface area (Å²) in [5.74, 6) is -1.03. The van der Waals surface area contributed by atoms with Crippen LogP contribution in [0.3, 0.4) is 0 Å². The number of aliphatic hydroxyl groups excluding tert-OH is 1. The van der Waals surface area contributed by atoms with Gasteiger partial charge in [0.2, 0.25) is 0 Å². The number of anilines is 1. The minimum absolute atomic E-state index is 0.0450. The molecule has 1 unspecified atom stereocenters. The quantitative estimate of drug-likeness (QED) is 0.0965. The maximum atomic E-state index is 13.6. The van der Waals surface area contributed by atoms with Crippen LogP contribution in [0.1, 0.15) is 53.3 Å². The van der Waals surface area contributed by atoms with E-state index in [1.54, 1.807) is 74.5 Å². The number of ether oxygens (including phenoxy) is 3. The maximum absolute atomic E-state index is 13.6. The Morgan fingerprint density at radius 2 is 1.67 bits per heavy atom. The number of para-hydroxylation sites is 1. The maximum Gasteiger partial charge on any atom is 0.350 e. The number of esters is 1.